The van der Waals surface area contributed by atoms with Crippen molar-refractivity contribution in [2.24, 2.45) is 0 Å². The van der Waals surface area contributed by atoms with Crippen molar-refractivity contribution in [3.63, 3.8) is 0 Å². The first-order valence-corrected chi connectivity index (χ1v) is 4.78. The zero-order valence-corrected chi connectivity index (χ0v) is 9.33. The third kappa shape index (κ3) is 2.74. The first-order chi connectivity index (χ1) is 6.30. The first kappa shape index (κ1) is 11.6. The van der Waals surface area contributed by atoms with Gasteiger partial charge in [-0.3, -0.25) is 0 Å². The largest absolute Gasteiger partial charge is 0.416 e. The lowest BCUT2D eigenvalue weighted by Gasteiger charge is -2.11. The van der Waals surface area contributed by atoms with E-state index in [2.05, 4.69) is 15.9 Å². The zero-order chi connectivity index (χ0) is 10.9. The second-order valence-electron chi connectivity index (χ2n) is 3.23. The Balaban J connectivity index is 3.21. The highest BCUT2D eigenvalue weighted by molar-refractivity contribution is 9.10. The van der Waals surface area contributed by atoms with E-state index >= 15 is 0 Å². The zero-order valence-electron chi connectivity index (χ0n) is 7.74. The van der Waals surface area contributed by atoms with Crippen LogP contribution < -0.4 is 0 Å². The molecule has 0 atom stereocenters. The van der Waals surface area contributed by atoms with Crippen LogP contribution >= 0.6 is 15.9 Å². The number of alkyl halides is 3. The van der Waals surface area contributed by atoms with E-state index < -0.39 is 11.7 Å². The topological polar surface area (TPSA) is 0 Å². The van der Waals surface area contributed by atoms with Gasteiger partial charge in [-0.05, 0) is 29.7 Å². The Bertz CT molecular complexity index is 329. The molecular formula is C10H9BrF3. The minimum absolute atomic E-state index is 0.448. The molecule has 0 amide bonds. The molecule has 0 heterocycles. The fourth-order valence-corrected chi connectivity index (χ4v) is 1.54. The third-order valence-corrected chi connectivity index (χ3v) is 2.26. The van der Waals surface area contributed by atoms with E-state index in [1.165, 1.54) is 0 Å². The van der Waals surface area contributed by atoms with Crippen LogP contribution in [-0.2, 0) is 6.18 Å². The van der Waals surface area contributed by atoms with Crippen LogP contribution in [0.3, 0.4) is 0 Å². The molecule has 1 radical (unpaired) electrons. The van der Waals surface area contributed by atoms with Crippen LogP contribution in [0.5, 0.6) is 0 Å². The lowest BCUT2D eigenvalue weighted by atomic mass is 10.0. The van der Waals surface area contributed by atoms with Crippen molar-refractivity contribution < 1.29 is 13.2 Å². The monoisotopic (exact) mass is 265 g/mol. The van der Waals surface area contributed by atoms with Crippen LogP contribution in [0, 0.1) is 5.92 Å². The Hall–Kier alpha value is -0.510. The van der Waals surface area contributed by atoms with Crippen molar-refractivity contribution in [3.05, 3.63) is 39.7 Å². The van der Waals surface area contributed by atoms with Gasteiger partial charge in [-0.1, -0.05) is 29.8 Å². The van der Waals surface area contributed by atoms with Gasteiger partial charge in [0.15, 0.2) is 0 Å². The molecule has 0 aliphatic carbocycles. The molecule has 1 aromatic rings. The molecule has 0 N–H and O–H groups in total. The normalized spacial score (nSPS) is 12.2. The second-order valence-corrected chi connectivity index (χ2v) is 4.14. The molecule has 14 heavy (non-hydrogen) atoms. The van der Waals surface area contributed by atoms with E-state index in [4.69, 9.17) is 0 Å². The van der Waals surface area contributed by atoms with Crippen LogP contribution in [0.2, 0.25) is 0 Å². The van der Waals surface area contributed by atoms with Crippen LogP contribution in [-0.4, -0.2) is 0 Å². The van der Waals surface area contributed by atoms with Crippen molar-refractivity contribution in [2.75, 3.05) is 0 Å². The average molecular weight is 266 g/mol. The summed E-state index contributed by atoms with van der Waals surface area (Å²) in [6.45, 7) is 3.56. The van der Waals surface area contributed by atoms with Gasteiger partial charge in [0, 0.05) is 4.47 Å². The van der Waals surface area contributed by atoms with Gasteiger partial charge in [-0.15, -0.1) is 0 Å². The Morgan fingerprint density at radius 2 is 1.71 bits per heavy atom. The minimum atomic E-state index is -4.28. The van der Waals surface area contributed by atoms with Crippen LogP contribution in [0.25, 0.3) is 0 Å². The lowest BCUT2D eigenvalue weighted by Crippen LogP contribution is -2.06. The molecule has 0 aromatic heterocycles. The van der Waals surface area contributed by atoms with E-state index in [0.717, 1.165) is 18.1 Å². The Kier molecular flexibility index (Phi) is 3.24. The van der Waals surface area contributed by atoms with E-state index in [9.17, 15) is 13.2 Å². The fraction of sp³-hybridized carbons (Fsp3) is 0.300. The molecule has 0 spiro atoms. The lowest BCUT2D eigenvalue weighted by molar-refractivity contribution is -0.137. The minimum Gasteiger partial charge on any atom is -0.166 e. The van der Waals surface area contributed by atoms with Crippen molar-refractivity contribution in [1.82, 2.24) is 0 Å². The highest BCUT2D eigenvalue weighted by Crippen LogP contribution is 2.33. The molecule has 0 unspecified atom stereocenters. The summed E-state index contributed by atoms with van der Waals surface area (Å²) in [7, 11) is 0. The number of halogens is 4. The summed E-state index contributed by atoms with van der Waals surface area (Å²) in [5.41, 5.74) is -0.0187. The summed E-state index contributed by atoms with van der Waals surface area (Å²) in [5, 5.41) is 0. The average Bonchev–Trinajstić information content (AvgIpc) is 2.01. The summed E-state index contributed by atoms with van der Waals surface area (Å²) in [6, 6.07) is 3.90. The van der Waals surface area contributed by atoms with Gasteiger partial charge >= 0.3 is 6.18 Å². The molecular weight excluding hydrogens is 257 g/mol. The van der Waals surface area contributed by atoms with E-state index in [-0.39, 0.29) is 0 Å². The van der Waals surface area contributed by atoms with E-state index in [1.54, 1.807) is 19.9 Å². The molecule has 0 aliphatic rings. The third-order valence-electron chi connectivity index (χ3n) is 1.80. The van der Waals surface area contributed by atoms with Crippen molar-refractivity contribution >= 4 is 15.9 Å². The highest BCUT2D eigenvalue weighted by Gasteiger charge is 2.31. The molecule has 0 nitrogen and oxygen atoms in total. The summed E-state index contributed by atoms with van der Waals surface area (Å²) < 4.78 is 37.6. The highest BCUT2D eigenvalue weighted by atomic mass is 79.9. The molecule has 0 saturated heterocycles. The molecule has 0 fully saturated rings. The molecule has 1 rings (SSSR count). The van der Waals surface area contributed by atoms with Crippen LogP contribution in [0.4, 0.5) is 13.2 Å². The van der Waals surface area contributed by atoms with Crippen LogP contribution in [0.1, 0.15) is 25.0 Å². The van der Waals surface area contributed by atoms with Gasteiger partial charge in [0.1, 0.15) is 0 Å². The van der Waals surface area contributed by atoms with Crippen molar-refractivity contribution in [1.29, 1.82) is 0 Å². The van der Waals surface area contributed by atoms with Crippen molar-refractivity contribution in [2.45, 2.75) is 20.0 Å². The van der Waals surface area contributed by atoms with Crippen LogP contribution in [0.15, 0.2) is 22.7 Å². The van der Waals surface area contributed by atoms with Gasteiger partial charge < -0.3 is 0 Å². The fourth-order valence-electron chi connectivity index (χ4n) is 1.04. The molecule has 77 valence electrons. The summed E-state index contributed by atoms with van der Waals surface area (Å²) >= 11 is 3.06. The first-order valence-electron chi connectivity index (χ1n) is 3.99. The van der Waals surface area contributed by atoms with Gasteiger partial charge in [-0.2, -0.15) is 13.2 Å². The Morgan fingerprint density at radius 3 is 2.14 bits per heavy atom. The Labute approximate surface area is 89.3 Å². The SMILES string of the molecule is C[C](C)c1cc(Br)cc(C(F)(F)F)c1. The smallest absolute Gasteiger partial charge is 0.166 e. The molecule has 0 saturated carbocycles. The maximum Gasteiger partial charge on any atom is 0.416 e. The van der Waals surface area contributed by atoms with E-state index in [0.29, 0.717) is 10.0 Å². The molecule has 4 heteroatoms. The van der Waals surface area contributed by atoms with Crippen molar-refractivity contribution in [3.8, 4) is 0 Å². The number of hydrogen-bond acceptors (Lipinski definition) is 0. The van der Waals surface area contributed by atoms with Gasteiger partial charge in [0.2, 0.25) is 0 Å². The molecule has 0 aliphatic heterocycles. The number of benzene rings is 1. The van der Waals surface area contributed by atoms with Gasteiger partial charge in [0.05, 0.1) is 5.56 Å². The summed E-state index contributed by atoms with van der Waals surface area (Å²) in [5.74, 6) is 0.858. The molecule has 0 bridgehead atoms. The quantitative estimate of drug-likeness (QED) is 0.705. The standard InChI is InChI=1S/C10H9BrF3/c1-6(2)7-3-8(10(12,13)14)5-9(11)4-7/h3-5H,1-2H3. The van der Waals surface area contributed by atoms with E-state index in [1.807, 2.05) is 0 Å². The maximum absolute atomic E-state index is 12.4. The maximum atomic E-state index is 12.4. The summed E-state index contributed by atoms with van der Waals surface area (Å²) in [4.78, 5) is 0. The van der Waals surface area contributed by atoms with Gasteiger partial charge in [0.25, 0.3) is 0 Å². The second kappa shape index (κ2) is 3.93. The summed E-state index contributed by atoms with van der Waals surface area (Å²) in [6.07, 6.45) is -4.28. The van der Waals surface area contributed by atoms with Gasteiger partial charge in [-0.25, -0.2) is 0 Å². The molecule has 1 aromatic carbocycles. The number of hydrogen-bond donors (Lipinski definition) is 0. The predicted octanol–water partition coefficient (Wildman–Crippen LogP) is 4.43. The Morgan fingerprint density at radius 1 is 1.14 bits per heavy atom. The number of rotatable bonds is 1. The predicted molar refractivity (Wildman–Crippen MR) is 52.8 cm³/mol.